The smallest absolute Gasteiger partial charge is 0.177 e. The van der Waals surface area contributed by atoms with Gasteiger partial charge in [-0.2, -0.15) is 0 Å². The van der Waals surface area contributed by atoms with Crippen molar-refractivity contribution in [3.05, 3.63) is 23.7 Å². The van der Waals surface area contributed by atoms with Gasteiger partial charge in [0.25, 0.3) is 0 Å². The van der Waals surface area contributed by atoms with E-state index in [0.29, 0.717) is 0 Å². The number of hydrogen-bond donors (Lipinski definition) is 1. The zero-order valence-electron chi connectivity index (χ0n) is 12.8. The summed E-state index contributed by atoms with van der Waals surface area (Å²) >= 11 is 0. The number of rotatable bonds is 3. The summed E-state index contributed by atoms with van der Waals surface area (Å²) in [6, 6.07) is 2.28. The van der Waals surface area contributed by atoms with E-state index in [0.717, 1.165) is 35.2 Å². The molecule has 112 valence electrons. The number of nitrogens with one attached hydrogen (secondary N) is 1. The van der Waals surface area contributed by atoms with Gasteiger partial charge in [0.05, 0.1) is 5.52 Å². The molecule has 0 spiro atoms. The van der Waals surface area contributed by atoms with E-state index in [4.69, 9.17) is 0 Å². The highest BCUT2D eigenvalue weighted by atomic mass is 15.1. The molecule has 2 aromatic heterocycles. The van der Waals surface area contributed by atoms with E-state index in [9.17, 15) is 0 Å². The molecule has 1 aliphatic heterocycles. The molecule has 1 saturated carbocycles. The number of pyridine rings is 1. The fourth-order valence-corrected chi connectivity index (χ4v) is 3.57. The molecule has 0 unspecified atom stereocenters. The highest BCUT2D eigenvalue weighted by Crippen LogP contribution is 2.36. The zero-order valence-corrected chi connectivity index (χ0v) is 12.8. The van der Waals surface area contributed by atoms with Crippen molar-refractivity contribution in [2.75, 3.05) is 20.1 Å². The number of hydrogen-bond acceptors (Lipinski definition) is 3. The second-order valence-corrected chi connectivity index (χ2v) is 6.90. The van der Waals surface area contributed by atoms with Crippen LogP contribution < -0.4 is 0 Å². The second-order valence-electron chi connectivity index (χ2n) is 6.90. The van der Waals surface area contributed by atoms with Crippen LogP contribution in [0.2, 0.25) is 0 Å². The van der Waals surface area contributed by atoms with E-state index in [2.05, 4.69) is 33.0 Å². The lowest BCUT2D eigenvalue weighted by Gasteiger charge is -2.28. The molecule has 4 heteroatoms. The molecule has 21 heavy (non-hydrogen) atoms. The quantitative estimate of drug-likeness (QED) is 0.942. The van der Waals surface area contributed by atoms with Crippen LogP contribution in [0.3, 0.4) is 0 Å². The van der Waals surface area contributed by atoms with Crippen molar-refractivity contribution in [3.8, 4) is 0 Å². The third-order valence-corrected chi connectivity index (χ3v) is 5.30. The first-order valence-corrected chi connectivity index (χ1v) is 8.31. The second kappa shape index (κ2) is 5.41. The number of imidazole rings is 1. The number of likely N-dealkylation sites (tertiary alicyclic amines) is 1. The van der Waals surface area contributed by atoms with Crippen molar-refractivity contribution < 1.29 is 0 Å². The predicted octanol–water partition coefficient (Wildman–Crippen LogP) is 3.11. The number of piperidine rings is 1. The summed E-state index contributed by atoms with van der Waals surface area (Å²) in [7, 11) is 2.21. The molecule has 0 aromatic carbocycles. The van der Waals surface area contributed by atoms with E-state index in [1.165, 1.54) is 50.8 Å². The van der Waals surface area contributed by atoms with Gasteiger partial charge in [-0.15, -0.1) is 0 Å². The maximum absolute atomic E-state index is 4.69. The molecular weight excluding hydrogens is 260 g/mol. The fraction of sp³-hybridized carbons (Fsp3) is 0.647. The molecule has 4 rings (SSSR count). The van der Waals surface area contributed by atoms with Gasteiger partial charge in [0.1, 0.15) is 5.82 Å². The molecule has 0 radical (unpaired) electrons. The van der Waals surface area contributed by atoms with Crippen LogP contribution in [0.4, 0.5) is 0 Å². The first-order chi connectivity index (χ1) is 10.3. The Morgan fingerprint density at radius 3 is 2.76 bits per heavy atom. The molecule has 2 aromatic rings. The molecule has 0 amide bonds. The summed E-state index contributed by atoms with van der Waals surface area (Å²) < 4.78 is 0. The molecule has 1 N–H and O–H groups in total. The number of H-pyrrole nitrogens is 1. The van der Waals surface area contributed by atoms with Crippen LogP contribution in [0.15, 0.2) is 12.3 Å². The minimum Gasteiger partial charge on any atom is -0.341 e. The van der Waals surface area contributed by atoms with Crippen LogP contribution in [0.5, 0.6) is 0 Å². The Morgan fingerprint density at radius 1 is 1.24 bits per heavy atom. The number of aromatic amines is 1. The summed E-state index contributed by atoms with van der Waals surface area (Å²) in [4.78, 5) is 15.2. The van der Waals surface area contributed by atoms with Crippen molar-refractivity contribution in [2.24, 2.45) is 5.92 Å². The Labute approximate surface area is 126 Å². The summed E-state index contributed by atoms with van der Waals surface area (Å²) in [5, 5.41) is 0. The first kappa shape index (κ1) is 13.3. The lowest BCUT2D eigenvalue weighted by Crippen LogP contribution is -2.31. The van der Waals surface area contributed by atoms with Crippen LogP contribution in [0.1, 0.15) is 49.4 Å². The van der Waals surface area contributed by atoms with Gasteiger partial charge in [0, 0.05) is 12.6 Å². The Bertz CT molecular complexity index is 621. The van der Waals surface area contributed by atoms with Crippen molar-refractivity contribution >= 4 is 11.2 Å². The Hall–Kier alpha value is -1.42. The highest BCUT2D eigenvalue weighted by Gasteiger charge is 2.21. The summed E-state index contributed by atoms with van der Waals surface area (Å²) in [5.74, 6) is 2.63. The van der Waals surface area contributed by atoms with Crippen LogP contribution >= 0.6 is 0 Å². The van der Waals surface area contributed by atoms with Gasteiger partial charge < -0.3 is 9.88 Å². The van der Waals surface area contributed by atoms with Crippen molar-refractivity contribution in [2.45, 2.75) is 44.4 Å². The minimum atomic E-state index is 0.738. The molecule has 4 nitrogen and oxygen atoms in total. The number of aromatic nitrogens is 3. The zero-order chi connectivity index (χ0) is 14.2. The minimum absolute atomic E-state index is 0.738. The maximum atomic E-state index is 4.69. The number of nitrogens with zero attached hydrogens (tertiary/aromatic N) is 3. The van der Waals surface area contributed by atoms with Crippen molar-refractivity contribution in [3.63, 3.8) is 0 Å². The van der Waals surface area contributed by atoms with Gasteiger partial charge in [-0.3, -0.25) is 0 Å². The van der Waals surface area contributed by atoms with Gasteiger partial charge >= 0.3 is 0 Å². The Morgan fingerprint density at radius 2 is 2.05 bits per heavy atom. The summed E-state index contributed by atoms with van der Waals surface area (Å²) in [6.07, 6.45) is 9.69. The molecule has 0 atom stereocenters. The van der Waals surface area contributed by atoms with Crippen LogP contribution in [-0.2, 0) is 6.42 Å². The standard InChI is InChI=1S/C17H24N4/c1-21-7-5-12(6-8-21)9-16-19-15-10-14(13-3-2-4-13)11-18-17(15)20-16/h10-13H,2-9H2,1H3,(H,18,19,20). The third kappa shape index (κ3) is 2.69. The molecule has 3 heterocycles. The van der Waals surface area contributed by atoms with Gasteiger partial charge in [-0.1, -0.05) is 6.42 Å². The Balaban J connectivity index is 1.50. The van der Waals surface area contributed by atoms with E-state index in [-0.39, 0.29) is 0 Å². The predicted molar refractivity (Wildman–Crippen MR) is 84.4 cm³/mol. The fourth-order valence-electron chi connectivity index (χ4n) is 3.57. The van der Waals surface area contributed by atoms with Crippen LogP contribution in [0, 0.1) is 5.92 Å². The molecular formula is C17H24N4. The first-order valence-electron chi connectivity index (χ1n) is 8.31. The topological polar surface area (TPSA) is 44.8 Å². The lowest BCUT2D eigenvalue weighted by molar-refractivity contribution is 0.217. The largest absolute Gasteiger partial charge is 0.341 e. The monoisotopic (exact) mass is 284 g/mol. The van der Waals surface area contributed by atoms with Gasteiger partial charge in [-0.25, -0.2) is 9.97 Å². The van der Waals surface area contributed by atoms with Gasteiger partial charge in [-0.05, 0) is 69.3 Å². The van der Waals surface area contributed by atoms with E-state index >= 15 is 0 Å². The van der Waals surface area contributed by atoms with Crippen LogP contribution in [0.25, 0.3) is 11.2 Å². The van der Waals surface area contributed by atoms with Gasteiger partial charge in [0.2, 0.25) is 0 Å². The lowest BCUT2D eigenvalue weighted by atomic mass is 9.81. The molecule has 0 bridgehead atoms. The molecule has 1 aliphatic carbocycles. The Kier molecular flexibility index (Phi) is 3.42. The van der Waals surface area contributed by atoms with Crippen molar-refractivity contribution in [1.82, 2.24) is 19.9 Å². The molecule has 2 fully saturated rings. The molecule has 1 saturated heterocycles. The third-order valence-electron chi connectivity index (χ3n) is 5.30. The summed E-state index contributed by atoms with van der Waals surface area (Å²) in [5.41, 5.74) is 3.41. The molecule has 2 aliphatic rings. The van der Waals surface area contributed by atoms with E-state index in [1.807, 2.05) is 6.20 Å². The normalized spacial score (nSPS) is 21.8. The average Bonchev–Trinajstić information content (AvgIpc) is 2.81. The van der Waals surface area contributed by atoms with Crippen molar-refractivity contribution in [1.29, 1.82) is 0 Å². The van der Waals surface area contributed by atoms with Gasteiger partial charge in [0.15, 0.2) is 5.65 Å². The van der Waals surface area contributed by atoms with E-state index < -0.39 is 0 Å². The van der Waals surface area contributed by atoms with E-state index in [1.54, 1.807) is 0 Å². The maximum Gasteiger partial charge on any atom is 0.177 e. The van der Waals surface area contributed by atoms with Crippen LogP contribution in [-0.4, -0.2) is 40.0 Å². The summed E-state index contributed by atoms with van der Waals surface area (Å²) in [6.45, 7) is 2.43. The number of fused-ring (bicyclic) bond motifs is 1. The SMILES string of the molecule is CN1CCC(Cc2nc3ncc(C4CCC4)cc3[nH]2)CC1. The highest BCUT2D eigenvalue weighted by molar-refractivity contribution is 5.71. The average molecular weight is 284 g/mol.